The zero-order valence-corrected chi connectivity index (χ0v) is 11.6. The third kappa shape index (κ3) is 2.24. The zero-order chi connectivity index (χ0) is 14.9. The van der Waals surface area contributed by atoms with Crippen molar-refractivity contribution in [2.45, 2.75) is 26.8 Å². The van der Waals surface area contributed by atoms with E-state index in [9.17, 15) is 14.7 Å². The summed E-state index contributed by atoms with van der Waals surface area (Å²) in [5, 5.41) is 9.17. The number of carboxylic acid groups (broad SMARTS) is 1. The van der Waals surface area contributed by atoms with E-state index in [0.29, 0.717) is 23.5 Å². The van der Waals surface area contributed by atoms with E-state index in [2.05, 4.69) is 4.98 Å². The average Bonchev–Trinajstić information content (AvgIpc) is 2.73. The number of hydrogen-bond acceptors (Lipinski definition) is 4. The number of aromatic nitrogens is 2. The van der Waals surface area contributed by atoms with Crippen molar-refractivity contribution in [2.75, 3.05) is 6.61 Å². The molecule has 1 unspecified atom stereocenters. The summed E-state index contributed by atoms with van der Waals surface area (Å²) >= 11 is 0. The molecule has 0 spiro atoms. The maximum absolute atomic E-state index is 11.9. The van der Waals surface area contributed by atoms with E-state index >= 15 is 0 Å². The number of carboxylic acids is 1. The maximum atomic E-state index is 11.9. The fraction of sp³-hybridized carbons (Fsp3) is 0.357. The Balaban J connectivity index is 2.60. The van der Waals surface area contributed by atoms with Gasteiger partial charge in [0.25, 0.3) is 0 Å². The first kappa shape index (κ1) is 14.0. The summed E-state index contributed by atoms with van der Waals surface area (Å²) in [7, 11) is 0. The highest BCUT2D eigenvalue weighted by Crippen LogP contribution is 2.24. The van der Waals surface area contributed by atoms with E-state index in [0.717, 1.165) is 0 Å². The van der Waals surface area contributed by atoms with Crippen LogP contribution in [0.2, 0.25) is 0 Å². The number of carbonyl (C=O) groups is 2. The second-order valence-corrected chi connectivity index (χ2v) is 4.44. The lowest BCUT2D eigenvalue weighted by atomic mass is 10.2. The van der Waals surface area contributed by atoms with Crippen LogP contribution in [0, 0.1) is 6.92 Å². The van der Waals surface area contributed by atoms with Crippen LogP contribution in [0.25, 0.3) is 11.0 Å². The standard InChI is InChI=1S/C14H16N2O4/c1-4-20-14(19)8(2)16-9(3)15-12-10(13(17)18)6-5-7-11(12)16/h5-8H,4H2,1-3H3,(H,17,18). The van der Waals surface area contributed by atoms with Crippen molar-refractivity contribution in [3.05, 3.63) is 29.6 Å². The number of aromatic carboxylic acids is 1. The molecule has 1 atom stereocenters. The van der Waals surface area contributed by atoms with Gasteiger partial charge in [0.1, 0.15) is 17.4 Å². The molecular formula is C14H16N2O4. The molecule has 0 aliphatic carbocycles. The summed E-state index contributed by atoms with van der Waals surface area (Å²) in [6, 6.07) is 4.33. The Morgan fingerprint density at radius 1 is 1.45 bits per heavy atom. The lowest BCUT2D eigenvalue weighted by Gasteiger charge is -2.14. The van der Waals surface area contributed by atoms with E-state index in [1.807, 2.05) is 0 Å². The minimum atomic E-state index is -1.04. The van der Waals surface area contributed by atoms with Crippen LogP contribution in [-0.4, -0.2) is 33.2 Å². The molecule has 0 fully saturated rings. The third-order valence-electron chi connectivity index (χ3n) is 3.14. The van der Waals surface area contributed by atoms with Crippen LogP contribution in [0.3, 0.4) is 0 Å². The number of nitrogens with zero attached hydrogens (tertiary/aromatic N) is 2. The van der Waals surface area contributed by atoms with Crippen molar-refractivity contribution in [1.82, 2.24) is 9.55 Å². The van der Waals surface area contributed by atoms with E-state index < -0.39 is 12.0 Å². The molecule has 0 aliphatic heterocycles. The van der Waals surface area contributed by atoms with Gasteiger partial charge in [-0.3, -0.25) is 0 Å². The van der Waals surface area contributed by atoms with E-state index in [1.165, 1.54) is 6.07 Å². The molecule has 20 heavy (non-hydrogen) atoms. The predicted molar refractivity (Wildman–Crippen MR) is 72.8 cm³/mol. The van der Waals surface area contributed by atoms with Crippen molar-refractivity contribution in [3.8, 4) is 0 Å². The number of imidazole rings is 1. The molecule has 2 aromatic rings. The van der Waals surface area contributed by atoms with E-state index in [-0.39, 0.29) is 11.5 Å². The fourth-order valence-corrected chi connectivity index (χ4v) is 2.26. The highest BCUT2D eigenvalue weighted by atomic mass is 16.5. The second kappa shape index (κ2) is 5.32. The molecule has 2 rings (SSSR count). The van der Waals surface area contributed by atoms with Gasteiger partial charge in [0.05, 0.1) is 17.7 Å². The van der Waals surface area contributed by atoms with Crippen molar-refractivity contribution in [1.29, 1.82) is 0 Å². The molecule has 0 amide bonds. The van der Waals surface area contributed by atoms with Gasteiger partial charge in [-0.2, -0.15) is 0 Å². The number of fused-ring (bicyclic) bond motifs is 1. The monoisotopic (exact) mass is 276 g/mol. The van der Waals surface area contributed by atoms with Crippen LogP contribution in [0.4, 0.5) is 0 Å². The van der Waals surface area contributed by atoms with Crippen LogP contribution in [0.1, 0.15) is 36.1 Å². The van der Waals surface area contributed by atoms with Crippen molar-refractivity contribution >= 4 is 23.0 Å². The summed E-state index contributed by atoms with van der Waals surface area (Å²) < 4.78 is 6.70. The number of hydrogen-bond donors (Lipinski definition) is 1. The van der Waals surface area contributed by atoms with Gasteiger partial charge in [-0.05, 0) is 32.9 Å². The molecule has 0 saturated carbocycles. The minimum absolute atomic E-state index is 0.125. The molecule has 0 aliphatic rings. The second-order valence-electron chi connectivity index (χ2n) is 4.44. The van der Waals surface area contributed by atoms with Gasteiger partial charge in [-0.1, -0.05) is 6.07 Å². The van der Waals surface area contributed by atoms with Crippen LogP contribution in [0.5, 0.6) is 0 Å². The Hall–Kier alpha value is -2.37. The van der Waals surface area contributed by atoms with E-state index in [1.54, 1.807) is 37.5 Å². The smallest absolute Gasteiger partial charge is 0.337 e. The highest BCUT2D eigenvalue weighted by Gasteiger charge is 2.22. The zero-order valence-electron chi connectivity index (χ0n) is 11.6. The molecule has 0 radical (unpaired) electrons. The maximum Gasteiger partial charge on any atom is 0.337 e. The first-order chi connectivity index (χ1) is 9.47. The molecule has 1 N–H and O–H groups in total. The first-order valence-electron chi connectivity index (χ1n) is 6.34. The minimum Gasteiger partial charge on any atom is -0.478 e. The molecule has 0 saturated heterocycles. The van der Waals surface area contributed by atoms with Crippen molar-refractivity contribution in [3.63, 3.8) is 0 Å². The van der Waals surface area contributed by atoms with Crippen LogP contribution in [0.15, 0.2) is 18.2 Å². The lowest BCUT2D eigenvalue weighted by Crippen LogP contribution is -2.20. The summed E-state index contributed by atoms with van der Waals surface area (Å²) in [6.07, 6.45) is 0. The number of esters is 1. The van der Waals surface area contributed by atoms with Gasteiger partial charge in [-0.25, -0.2) is 14.6 Å². The van der Waals surface area contributed by atoms with Gasteiger partial charge in [0.15, 0.2) is 0 Å². The Bertz CT molecular complexity index is 675. The average molecular weight is 276 g/mol. The molecule has 1 aromatic heterocycles. The molecule has 1 heterocycles. The topological polar surface area (TPSA) is 81.4 Å². The Kier molecular flexibility index (Phi) is 3.74. The molecule has 0 bridgehead atoms. The molecule has 6 nitrogen and oxygen atoms in total. The normalized spacial score (nSPS) is 12.3. The molecular weight excluding hydrogens is 260 g/mol. The lowest BCUT2D eigenvalue weighted by molar-refractivity contribution is -0.146. The Morgan fingerprint density at radius 2 is 2.15 bits per heavy atom. The largest absolute Gasteiger partial charge is 0.478 e. The van der Waals surface area contributed by atoms with Crippen molar-refractivity contribution in [2.24, 2.45) is 0 Å². The first-order valence-corrected chi connectivity index (χ1v) is 6.34. The molecule has 1 aromatic carbocycles. The highest BCUT2D eigenvalue weighted by molar-refractivity contribution is 6.01. The third-order valence-corrected chi connectivity index (χ3v) is 3.14. The van der Waals surface area contributed by atoms with Gasteiger partial charge in [-0.15, -0.1) is 0 Å². The predicted octanol–water partition coefficient (Wildman–Crippen LogP) is 2.17. The van der Waals surface area contributed by atoms with Crippen LogP contribution in [-0.2, 0) is 9.53 Å². The van der Waals surface area contributed by atoms with Crippen LogP contribution < -0.4 is 0 Å². The van der Waals surface area contributed by atoms with Gasteiger partial charge in [0, 0.05) is 0 Å². The number of benzene rings is 1. The molecule has 106 valence electrons. The number of carbonyl (C=O) groups excluding carboxylic acids is 1. The van der Waals surface area contributed by atoms with Crippen molar-refractivity contribution < 1.29 is 19.4 Å². The fourth-order valence-electron chi connectivity index (χ4n) is 2.26. The summed E-state index contributed by atoms with van der Waals surface area (Å²) in [6.45, 7) is 5.49. The summed E-state index contributed by atoms with van der Waals surface area (Å²) in [4.78, 5) is 27.3. The summed E-state index contributed by atoms with van der Waals surface area (Å²) in [5.74, 6) is -0.825. The van der Waals surface area contributed by atoms with Crippen LogP contribution >= 0.6 is 0 Å². The Labute approximate surface area is 116 Å². The van der Waals surface area contributed by atoms with Gasteiger partial charge >= 0.3 is 11.9 Å². The quantitative estimate of drug-likeness (QED) is 0.865. The van der Waals surface area contributed by atoms with Gasteiger partial charge in [0.2, 0.25) is 0 Å². The van der Waals surface area contributed by atoms with E-state index in [4.69, 9.17) is 4.74 Å². The number of ether oxygens (including phenoxy) is 1. The van der Waals surface area contributed by atoms with Gasteiger partial charge < -0.3 is 14.4 Å². The number of aryl methyl sites for hydroxylation is 1. The Morgan fingerprint density at radius 3 is 2.75 bits per heavy atom. The molecule has 6 heteroatoms. The number of para-hydroxylation sites is 1. The number of rotatable bonds is 4. The SMILES string of the molecule is CCOC(=O)C(C)n1c(C)nc2c(C(=O)O)cccc21. The summed E-state index contributed by atoms with van der Waals surface area (Å²) in [5.41, 5.74) is 1.12.